The molecule has 0 spiro atoms. The van der Waals surface area contributed by atoms with Crippen molar-refractivity contribution in [2.45, 2.75) is 25.9 Å². The molecule has 0 aliphatic carbocycles. The van der Waals surface area contributed by atoms with Crippen molar-refractivity contribution in [3.63, 3.8) is 0 Å². The van der Waals surface area contributed by atoms with Crippen LogP contribution in [0.2, 0.25) is 0 Å². The van der Waals surface area contributed by atoms with Crippen molar-refractivity contribution >= 4 is 17.4 Å². The first kappa shape index (κ1) is 15.8. The van der Waals surface area contributed by atoms with Crippen LogP contribution in [0.1, 0.15) is 25.3 Å². The van der Waals surface area contributed by atoms with Gasteiger partial charge in [-0.3, -0.25) is 14.9 Å². The van der Waals surface area contributed by atoms with Crippen LogP contribution >= 0.6 is 0 Å². The Bertz CT molecular complexity index is 525. The molecule has 1 aromatic carbocycles. The number of ether oxygens (including phenoxy) is 1. The lowest BCUT2D eigenvalue weighted by Crippen LogP contribution is -2.31. The smallest absolute Gasteiger partial charge is 0.375 e. The second-order valence-corrected chi connectivity index (χ2v) is 4.12. The number of para-hydroxylation sites is 1. The van der Waals surface area contributed by atoms with Crippen LogP contribution in [0.15, 0.2) is 24.3 Å². The molecule has 0 aromatic heterocycles. The highest BCUT2D eigenvalue weighted by Crippen LogP contribution is 2.30. The number of carbonyl (C=O) groups is 2. The van der Waals surface area contributed by atoms with Gasteiger partial charge in [-0.05, 0) is 13.8 Å². The summed E-state index contributed by atoms with van der Waals surface area (Å²) in [4.78, 5) is 33.8. The highest BCUT2D eigenvalue weighted by Gasteiger charge is 2.35. The minimum absolute atomic E-state index is 0.00792. The van der Waals surface area contributed by atoms with Crippen LogP contribution in [0, 0.1) is 10.1 Å². The standard InChI is InChI=1S/C13H15NO6/c1-3-20-13(17)12(16)11(8(2)15)9-6-4-5-7-10(9)14(18)19/h4-8,11,15H,3H2,1-2H3. The normalized spacial score (nSPS) is 13.3. The zero-order valence-corrected chi connectivity index (χ0v) is 11.1. The Morgan fingerprint density at radius 3 is 2.50 bits per heavy atom. The molecular formula is C13H15NO6. The summed E-state index contributed by atoms with van der Waals surface area (Å²) >= 11 is 0. The molecule has 0 heterocycles. The number of aliphatic hydroxyl groups is 1. The van der Waals surface area contributed by atoms with Gasteiger partial charge in [-0.25, -0.2) is 4.79 Å². The van der Waals surface area contributed by atoms with Crippen LogP contribution in [-0.2, 0) is 14.3 Å². The number of hydrogen-bond donors (Lipinski definition) is 1. The summed E-state index contributed by atoms with van der Waals surface area (Å²) in [6.45, 7) is 2.83. The Kier molecular flexibility index (Phi) is 5.33. The van der Waals surface area contributed by atoms with Crippen molar-refractivity contribution in [3.05, 3.63) is 39.9 Å². The molecule has 0 amide bonds. The predicted molar refractivity (Wildman–Crippen MR) is 69.2 cm³/mol. The van der Waals surface area contributed by atoms with Gasteiger partial charge in [0.2, 0.25) is 5.78 Å². The second-order valence-electron chi connectivity index (χ2n) is 4.12. The number of carbonyl (C=O) groups excluding carboxylic acids is 2. The molecule has 2 atom stereocenters. The average molecular weight is 281 g/mol. The summed E-state index contributed by atoms with van der Waals surface area (Å²) in [7, 11) is 0. The Morgan fingerprint density at radius 2 is 2.00 bits per heavy atom. The van der Waals surface area contributed by atoms with Crippen LogP contribution in [0.25, 0.3) is 0 Å². The number of nitrogens with zero attached hydrogens (tertiary/aromatic N) is 1. The lowest BCUT2D eigenvalue weighted by atomic mass is 9.89. The van der Waals surface area contributed by atoms with E-state index >= 15 is 0 Å². The van der Waals surface area contributed by atoms with E-state index < -0.39 is 28.7 Å². The topological polar surface area (TPSA) is 107 Å². The minimum Gasteiger partial charge on any atom is -0.460 e. The van der Waals surface area contributed by atoms with Crippen molar-refractivity contribution in [2.75, 3.05) is 6.61 Å². The first-order chi connectivity index (χ1) is 9.40. The lowest BCUT2D eigenvalue weighted by Gasteiger charge is -2.17. The van der Waals surface area contributed by atoms with Crippen molar-refractivity contribution in [1.29, 1.82) is 0 Å². The average Bonchev–Trinajstić information content (AvgIpc) is 2.39. The molecule has 108 valence electrons. The number of nitro benzene ring substituents is 1. The van der Waals surface area contributed by atoms with Crippen LogP contribution in [0.3, 0.4) is 0 Å². The molecule has 2 unspecified atom stereocenters. The maximum absolute atomic E-state index is 12.0. The summed E-state index contributed by atoms with van der Waals surface area (Å²) in [6, 6.07) is 5.49. The molecule has 7 heteroatoms. The van der Waals surface area contributed by atoms with Gasteiger partial charge in [0.25, 0.3) is 5.69 Å². The molecule has 7 nitrogen and oxygen atoms in total. The van der Waals surface area contributed by atoms with E-state index in [0.717, 1.165) is 0 Å². The van der Waals surface area contributed by atoms with Crippen molar-refractivity contribution in [3.8, 4) is 0 Å². The molecule has 0 bridgehead atoms. The van der Waals surface area contributed by atoms with Gasteiger partial charge < -0.3 is 9.84 Å². The molecule has 1 rings (SSSR count). The van der Waals surface area contributed by atoms with E-state index in [1.54, 1.807) is 0 Å². The molecule has 0 saturated carbocycles. The molecule has 0 saturated heterocycles. The minimum atomic E-state index is -1.32. The van der Waals surface area contributed by atoms with E-state index in [4.69, 9.17) is 0 Å². The molecular weight excluding hydrogens is 266 g/mol. The van der Waals surface area contributed by atoms with E-state index in [0.29, 0.717) is 0 Å². The van der Waals surface area contributed by atoms with Crippen LogP contribution in [0.5, 0.6) is 0 Å². The Balaban J connectivity index is 3.25. The maximum Gasteiger partial charge on any atom is 0.375 e. The summed E-state index contributed by atoms with van der Waals surface area (Å²) in [5, 5.41) is 20.7. The molecule has 0 radical (unpaired) electrons. The number of esters is 1. The maximum atomic E-state index is 12.0. The lowest BCUT2D eigenvalue weighted by molar-refractivity contribution is -0.385. The molecule has 0 aliphatic rings. The van der Waals surface area contributed by atoms with Gasteiger partial charge in [0.05, 0.1) is 23.6 Å². The zero-order chi connectivity index (χ0) is 15.3. The molecule has 0 aliphatic heterocycles. The highest BCUT2D eigenvalue weighted by atomic mass is 16.6. The van der Waals surface area contributed by atoms with E-state index in [1.807, 2.05) is 0 Å². The van der Waals surface area contributed by atoms with E-state index in [2.05, 4.69) is 4.74 Å². The van der Waals surface area contributed by atoms with Crippen LogP contribution < -0.4 is 0 Å². The number of hydrogen-bond acceptors (Lipinski definition) is 6. The largest absolute Gasteiger partial charge is 0.460 e. The predicted octanol–water partition coefficient (Wildman–Crippen LogP) is 1.19. The van der Waals surface area contributed by atoms with Gasteiger partial charge in [-0.15, -0.1) is 0 Å². The number of nitro groups is 1. The second kappa shape index (κ2) is 6.76. The zero-order valence-electron chi connectivity index (χ0n) is 11.1. The van der Waals surface area contributed by atoms with Gasteiger partial charge in [0.15, 0.2) is 0 Å². The third-order valence-electron chi connectivity index (χ3n) is 2.71. The third kappa shape index (κ3) is 3.39. The van der Waals surface area contributed by atoms with Crippen LogP contribution in [-0.4, -0.2) is 34.5 Å². The number of rotatable bonds is 6. The number of Topliss-reactive ketones (excluding diaryl/α,β-unsaturated/α-hetero) is 1. The Hall–Kier alpha value is -2.28. The molecule has 1 aromatic rings. The van der Waals surface area contributed by atoms with Crippen molar-refractivity contribution < 1.29 is 24.4 Å². The van der Waals surface area contributed by atoms with Gasteiger partial charge >= 0.3 is 5.97 Å². The van der Waals surface area contributed by atoms with E-state index in [1.165, 1.54) is 38.1 Å². The highest BCUT2D eigenvalue weighted by molar-refractivity contribution is 6.36. The third-order valence-corrected chi connectivity index (χ3v) is 2.71. The monoisotopic (exact) mass is 281 g/mol. The first-order valence-corrected chi connectivity index (χ1v) is 6.02. The summed E-state index contributed by atoms with van der Waals surface area (Å²) in [5.41, 5.74) is -0.332. The fourth-order valence-corrected chi connectivity index (χ4v) is 1.87. The fourth-order valence-electron chi connectivity index (χ4n) is 1.87. The first-order valence-electron chi connectivity index (χ1n) is 6.02. The molecule has 1 N–H and O–H groups in total. The summed E-state index contributed by atoms with van der Waals surface area (Å²) in [6.07, 6.45) is -1.26. The Morgan fingerprint density at radius 1 is 1.40 bits per heavy atom. The Labute approximate surface area is 115 Å². The van der Waals surface area contributed by atoms with Gasteiger partial charge in [0.1, 0.15) is 0 Å². The van der Waals surface area contributed by atoms with Crippen molar-refractivity contribution in [2.24, 2.45) is 0 Å². The van der Waals surface area contributed by atoms with E-state index in [-0.39, 0.29) is 17.9 Å². The molecule has 0 fully saturated rings. The molecule has 20 heavy (non-hydrogen) atoms. The number of ketones is 1. The van der Waals surface area contributed by atoms with E-state index in [9.17, 15) is 24.8 Å². The quantitative estimate of drug-likeness (QED) is 0.363. The summed E-state index contributed by atoms with van der Waals surface area (Å²) in [5.74, 6) is -3.44. The SMILES string of the molecule is CCOC(=O)C(=O)C(c1ccccc1[N+](=O)[O-])C(C)O. The van der Waals surface area contributed by atoms with Gasteiger partial charge in [-0.1, -0.05) is 18.2 Å². The number of aliphatic hydroxyl groups excluding tert-OH is 1. The van der Waals surface area contributed by atoms with Gasteiger partial charge in [0, 0.05) is 11.6 Å². The fraction of sp³-hybridized carbons (Fsp3) is 0.385. The summed E-state index contributed by atoms with van der Waals surface area (Å²) < 4.78 is 4.59. The van der Waals surface area contributed by atoms with Crippen LogP contribution in [0.4, 0.5) is 5.69 Å². The van der Waals surface area contributed by atoms with Gasteiger partial charge in [-0.2, -0.15) is 0 Å². The van der Waals surface area contributed by atoms with Crippen molar-refractivity contribution in [1.82, 2.24) is 0 Å². The number of benzene rings is 1.